The number of carbonyl (C=O) groups excluding carboxylic acids is 2. The maximum atomic E-state index is 13.0. The Morgan fingerprint density at radius 2 is 2.04 bits per heavy atom. The molecule has 1 heterocycles. The average Bonchev–Trinajstić information content (AvgIpc) is 2.55. The number of piperidine rings is 1. The summed E-state index contributed by atoms with van der Waals surface area (Å²) >= 11 is 3.18. The van der Waals surface area contributed by atoms with Crippen LogP contribution >= 0.6 is 15.9 Å². The smallest absolute Gasteiger partial charge is 0.261 e. The number of hydrogen-bond acceptors (Lipinski definition) is 3. The van der Waals surface area contributed by atoms with Crippen LogP contribution in [0, 0.1) is 5.82 Å². The van der Waals surface area contributed by atoms with Crippen molar-refractivity contribution in [2.75, 3.05) is 19.6 Å². The highest BCUT2D eigenvalue weighted by Gasteiger charge is 2.20. The largest absolute Gasteiger partial charge is 0.480 e. The first kappa shape index (κ1) is 17.7. The summed E-state index contributed by atoms with van der Waals surface area (Å²) in [5, 5.41) is 2.59. The Bertz CT molecular complexity index is 576. The van der Waals surface area contributed by atoms with Crippen LogP contribution in [0.15, 0.2) is 22.7 Å². The Balaban J connectivity index is 1.81. The van der Waals surface area contributed by atoms with Gasteiger partial charge in [0.25, 0.3) is 5.91 Å². The molecule has 0 aromatic heterocycles. The first-order valence-electron chi connectivity index (χ1n) is 7.64. The zero-order valence-corrected chi connectivity index (χ0v) is 14.6. The molecule has 1 atom stereocenters. The molecule has 1 aliphatic heterocycles. The second kappa shape index (κ2) is 8.29. The molecule has 0 radical (unpaired) electrons. The quantitative estimate of drug-likeness (QED) is 0.845. The highest BCUT2D eigenvalue weighted by Crippen LogP contribution is 2.26. The van der Waals surface area contributed by atoms with Crippen LogP contribution in [0.1, 0.15) is 26.2 Å². The minimum atomic E-state index is -0.786. The van der Waals surface area contributed by atoms with Crippen molar-refractivity contribution in [2.24, 2.45) is 0 Å². The number of amides is 2. The number of ether oxygens (including phenoxy) is 1. The Morgan fingerprint density at radius 1 is 1.35 bits per heavy atom. The molecule has 23 heavy (non-hydrogen) atoms. The van der Waals surface area contributed by atoms with Crippen LogP contribution in [0.3, 0.4) is 0 Å². The van der Waals surface area contributed by atoms with Crippen LogP contribution < -0.4 is 10.1 Å². The van der Waals surface area contributed by atoms with Gasteiger partial charge in [0.2, 0.25) is 5.91 Å². The third-order valence-corrected chi connectivity index (χ3v) is 4.31. The van der Waals surface area contributed by atoms with E-state index in [-0.39, 0.29) is 18.4 Å². The third kappa shape index (κ3) is 5.20. The van der Waals surface area contributed by atoms with Gasteiger partial charge in [-0.15, -0.1) is 0 Å². The average molecular weight is 387 g/mol. The van der Waals surface area contributed by atoms with Crippen molar-refractivity contribution in [1.82, 2.24) is 10.2 Å². The van der Waals surface area contributed by atoms with Gasteiger partial charge in [-0.1, -0.05) is 0 Å². The molecule has 1 aliphatic rings. The predicted octanol–water partition coefficient (Wildman–Crippen LogP) is 2.48. The van der Waals surface area contributed by atoms with Gasteiger partial charge in [0, 0.05) is 13.1 Å². The summed E-state index contributed by atoms with van der Waals surface area (Å²) in [6.07, 6.45) is 2.38. The van der Waals surface area contributed by atoms with Gasteiger partial charge < -0.3 is 15.0 Å². The van der Waals surface area contributed by atoms with Crippen LogP contribution in [0.5, 0.6) is 5.75 Å². The Morgan fingerprint density at radius 3 is 2.70 bits per heavy atom. The second-order valence-electron chi connectivity index (χ2n) is 5.49. The molecule has 1 aromatic carbocycles. The minimum absolute atomic E-state index is 0.0306. The summed E-state index contributed by atoms with van der Waals surface area (Å²) in [6, 6.07) is 3.96. The molecule has 1 saturated heterocycles. The van der Waals surface area contributed by atoms with Crippen LogP contribution in [0.25, 0.3) is 0 Å². The SMILES string of the molecule is C[C@@H](Oc1ccc(F)cc1Br)C(=O)NCC(=O)N1CCCCC1. The van der Waals surface area contributed by atoms with Crippen molar-refractivity contribution < 1.29 is 18.7 Å². The summed E-state index contributed by atoms with van der Waals surface area (Å²) in [7, 11) is 0. The van der Waals surface area contributed by atoms with E-state index in [1.807, 2.05) is 0 Å². The first-order valence-corrected chi connectivity index (χ1v) is 8.44. The van der Waals surface area contributed by atoms with Crippen molar-refractivity contribution in [3.05, 3.63) is 28.5 Å². The number of likely N-dealkylation sites (tertiary alicyclic amines) is 1. The Hall–Kier alpha value is -1.63. The van der Waals surface area contributed by atoms with Crippen molar-refractivity contribution in [2.45, 2.75) is 32.3 Å². The van der Waals surface area contributed by atoms with E-state index in [0.717, 1.165) is 32.4 Å². The van der Waals surface area contributed by atoms with Crippen LogP contribution in [-0.2, 0) is 9.59 Å². The van der Waals surface area contributed by atoms with Gasteiger partial charge >= 0.3 is 0 Å². The highest BCUT2D eigenvalue weighted by atomic mass is 79.9. The van der Waals surface area contributed by atoms with Gasteiger partial charge in [-0.25, -0.2) is 4.39 Å². The standard InChI is InChI=1S/C16H20BrFN2O3/c1-11(23-14-6-5-12(18)9-13(14)17)16(22)19-10-15(21)20-7-3-2-4-8-20/h5-6,9,11H,2-4,7-8,10H2,1H3,(H,19,22)/t11-/m1/s1. The van der Waals surface area contributed by atoms with Gasteiger partial charge in [-0.05, 0) is 60.3 Å². The fourth-order valence-corrected chi connectivity index (χ4v) is 2.82. The number of nitrogens with one attached hydrogen (secondary N) is 1. The van der Waals surface area contributed by atoms with E-state index in [1.165, 1.54) is 18.2 Å². The van der Waals surface area contributed by atoms with Gasteiger partial charge in [0.05, 0.1) is 11.0 Å². The van der Waals surface area contributed by atoms with Gasteiger partial charge in [0.15, 0.2) is 6.10 Å². The van der Waals surface area contributed by atoms with Crippen LogP contribution in [0.2, 0.25) is 0 Å². The number of hydrogen-bond donors (Lipinski definition) is 1. The van der Waals surface area contributed by atoms with Crippen molar-refractivity contribution in [3.63, 3.8) is 0 Å². The molecule has 1 fully saturated rings. The molecule has 0 bridgehead atoms. The molecule has 0 spiro atoms. The summed E-state index contributed by atoms with van der Waals surface area (Å²) < 4.78 is 18.9. The Labute approximate surface area is 143 Å². The van der Waals surface area contributed by atoms with Crippen molar-refractivity contribution in [1.29, 1.82) is 0 Å². The molecule has 126 valence electrons. The van der Waals surface area contributed by atoms with E-state index in [4.69, 9.17) is 4.74 Å². The van der Waals surface area contributed by atoms with E-state index in [2.05, 4.69) is 21.2 Å². The molecule has 0 aliphatic carbocycles. The third-order valence-electron chi connectivity index (χ3n) is 3.69. The lowest BCUT2D eigenvalue weighted by atomic mass is 10.1. The summed E-state index contributed by atoms with van der Waals surface area (Å²) in [6.45, 7) is 3.06. The summed E-state index contributed by atoms with van der Waals surface area (Å²) in [5.74, 6) is -0.482. The number of halogens is 2. The maximum absolute atomic E-state index is 13.0. The van der Waals surface area contributed by atoms with Crippen molar-refractivity contribution >= 4 is 27.7 Å². The van der Waals surface area contributed by atoms with Gasteiger partial charge in [0.1, 0.15) is 11.6 Å². The molecule has 2 rings (SSSR count). The van der Waals surface area contributed by atoms with Gasteiger partial charge in [-0.3, -0.25) is 9.59 Å². The normalized spacial score (nSPS) is 15.9. The zero-order valence-electron chi connectivity index (χ0n) is 13.0. The van der Waals surface area contributed by atoms with E-state index < -0.39 is 11.9 Å². The zero-order chi connectivity index (χ0) is 16.8. The number of rotatable bonds is 5. The van der Waals surface area contributed by atoms with E-state index in [1.54, 1.807) is 11.8 Å². The lowest BCUT2D eigenvalue weighted by Crippen LogP contribution is -2.45. The molecular weight excluding hydrogens is 367 g/mol. The first-order chi connectivity index (χ1) is 11.0. The fourth-order valence-electron chi connectivity index (χ4n) is 2.38. The molecule has 2 amide bonds. The van der Waals surface area contributed by atoms with E-state index in [9.17, 15) is 14.0 Å². The van der Waals surface area contributed by atoms with Crippen LogP contribution in [0.4, 0.5) is 4.39 Å². The monoisotopic (exact) mass is 386 g/mol. The van der Waals surface area contributed by atoms with E-state index >= 15 is 0 Å². The molecular formula is C16H20BrFN2O3. The van der Waals surface area contributed by atoms with Gasteiger partial charge in [-0.2, -0.15) is 0 Å². The lowest BCUT2D eigenvalue weighted by Gasteiger charge is -2.27. The minimum Gasteiger partial charge on any atom is -0.480 e. The number of carbonyl (C=O) groups is 2. The second-order valence-corrected chi connectivity index (χ2v) is 6.35. The summed E-state index contributed by atoms with van der Waals surface area (Å²) in [4.78, 5) is 25.8. The van der Waals surface area contributed by atoms with E-state index in [0.29, 0.717) is 10.2 Å². The molecule has 1 N–H and O–H groups in total. The summed E-state index contributed by atoms with van der Waals surface area (Å²) in [5.41, 5.74) is 0. The molecule has 1 aromatic rings. The molecule has 0 saturated carbocycles. The molecule has 5 nitrogen and oxygen atoms in total. The lowest BCUT2D eigenvalue weighted by molar-refractivity contribution is -0.135. The topological polar surface area (TPSA) is 58.6 Å². The number of benzene rings is 1. The molecule has 0 unspecified atom stereocenters. The fraction of sp³-hybridized carbons (Fsp3) is 0.500. The molecule has 7 heteroatoms. The van der Waals surface area contributed by atoms with Crippen LogP contribution in [-0.4, -0.2) is 42.5 Å². The highest BCUT2D eigenvalue weighted by molar-refractivity contribution is 9.10. The predicted molar refractivity (Wildman–Crippen MR) is 87.6 cm³/mol. The maximum Gasteiger partial charge on any atom is 0.261 e. The number of nitrogens with zero attached hydrogens (tertiary/aromatic N) is 1. The van der Waals surface area contributed by atoms with Crippen molar-refractivity contribution in [3.8, 4) is 5.75 Å². The Kier molecular flexibility index (Phi) is 6.38.